The second kappa shape index (κ2) is 15.5. The van der Waals surface area contributed by atoms with Gasteiger partial charge in [-0.25, -0.2) is 9.97 Å². The van der Waals surface area contributed by atoms with Gasteiger partial charge in [-0.2, -0.15) is 13.2 Å². The highest BCUT2D eigenvalue weighted by molar-refractivity contribution is 7.99. The van der Waals surface area contributed by atoms with Crippen LogP contribution in [0.1, 0.15) is 55.3 Å². The van der Waals surface area contributed by atoms with E-state index in [-0.39, 0.29) is 47.9 Å². The highest BCUT2D eigenvalue weighted by Gasteiger charge is 2.33. The number of aromatic hydroxyl groups is 1. The molecule has 0 atom stereocenters. The molecule has 264 valence electrons. The summed E-state index contributed by atoms with van der Waals surface area (Å²) in [6.07, 6.45) is 3.80. The highest BCUT2D eigenvalue weighted by atomic mass is 32.2. The molecule has 3 aliphatic rings. The zero-order valence-corrected chi connectivity index (χ0v) is 27.9. The van der Waals surface area contributed by atoms with E-state index in [2.05, 4.69) is 15.3 Å². The lowest BCUT2D eigenvalue weighted by Crippen LogP contribution is -2.48. The zero-order chi connectivity index (χ0) is 35.3. The van der Waals surface area contributed by atoms with Gasteiger partial charge in [0.25, 0.3) is 11.1 Å². The van der Waals surface area contributed by atoms with E-state index in [1.807, 2.05) is 0 Å². The number of H-pyrrole nitrogens is 1. The van der Waals surface area contributed by atoms with Crippen LogP contribution >= 0.6 is 11.8 Å². The summed E-state index contributed by atoms with van der Waals surface area (Å²) in [5.74, 6) is 0.345. The van der Waals surface area contributed by atoms with Crippen molar-refractivity contribution < 1.29 is 27.8 Å². The number of aromatic amines is 1. The van der Waals surface area contributed by atoms with Crippen LogP contribution in [-0.4, -0.2) is 65.9 Å². The van der Waals surface area contributed by atoms with Crippen molar-refractivity contribution in [2.75, 3.05) is 13.1 Å². The van der Waals surface area contributed by atoms with Crippen LogP contribution < -0.4 is 21.2 Å². The van der Waals surface area contributed by atoms with E-state index in [9.17, 15) is 32.7 Å². The first-order valence-corrected chi connectivity index (χ1v) is 17.4. The van der Waals surface area contributed by atoms with Crippen molar-refractivity contribution in [3.8, 4) is 17.2 Å². The maximum atomic E-state index is 13.8. The van der Waals surface area contributed by atoms with Gasteiger partial charge in [-0.3, -0.25) is 19.0 Å². The van der Waals surface area contributed by atoms with E-state index in [1.165, 1.54) is 35.3 Å². The summed E-state index contributed by atoms with van der Waals surface area (Å²) in [4.78, 5) is 49.6. The van der Waals surface area contributed by atoms with Gasteiger partial charge in [0.05, 0.1) is 35.4 Å². The molecule has 1 amide bonds. The lowest BCUT2D eigenvalue weighted by atomic mass is 9.89. The molecule has 3 heterocycles. The fraction of sp³-hybridized carbons (Fsp3) is 0.400. The molecule has 50 heavy (non-hydrogen) atoms. The summed E-state index contributed by atoms with van der Waals surface area (Å²) in [7, 11) is 0. The van der Waals surface area contributed by atoms with E-state index >= 15 is 0 Å². The third-order valence-electron chi connectivity index (χ3n) is 8.94. The number of carbonyl (C=O) groups is 1. The number of thioether (sulfide) groups is 1. The molecule has 2 saturated carbocycles. The van der Waals surface area contributed by atoms with Gasteiger partial charge in [0, 0.05) is 49.5 Å². The van der Waals surface area contributed by atoms with E-state index in [1.54, 1.807) is 40.9 Å². The van der Waals surface area contributed by atoms with Crippen molar-refractivity contribution >= 4 is 17.7 Å². The van der Waals surface area contributed by atoms with E-state index < -0.39 is 11.7 Å². The maximum Gasteiger partial charge on any atom is 0.416 e. The average Bonchev–Trinajstić information content (AvgIpc) is 3.06. The van der Waals surface area contributed by atoms with Crippen LogP contribution in [0.5, 0.6) is 11.5 Å². The number of benzene rings is 2. The Hall–Kier alpha value is -4.63. The first-order chi connectivity index (χ1) is 24.0. The molecular formula is C35H37F3N6O5S. The molecule has 11 nitrogen and oxygen atoms in total. The number of nitrogens with one attached hydrogen (secondary N) is 2. The molecule has 2 fully saturated rings. The summed E-state index contributed by atoms with van der Waals surface area (Å²) in [6.45, 7) is 1.13. The molecular weight excluding hydrogens is 673 g/mol. The van der Waals surface area contributed by atoms with Gasteiger partial charge in [-0.1, -0.05) is 30.3 Å². The highest BCUT2D eigenvalue weighted by Crippen LogP contribution is 2.37. The molecule has 0 spiro atoms. The van der Waals surface area contributed by atoms with Gasteiger partial charge in [-0.15, -0.1) is 0 Å². The van der Waals surface area contributed by atoms with Crippen LogP contribution in [0.2, 0.25) is 0 Å². The fourth-order valence-corrected chi connectivity index (χ4v) is 7.15. The van der Waals surface area contributed by atoms with E-state index in [0.717, 1.165) is 31.4 Å². The standard InChI is InChI=1S/C31H33F3N4O4S.C4H4N2O/c32-31(33,34)19-8-10-21(11-9-19)42-22-16-20(17-22)35-14-12-28(40)37-15-13-25-24(18-37)29(41)38(26-6-1-2-7-27(26)39)30(36-25)43-23-4-3-5-23;7-4-1-2-5-3-6-4/h1-2,6-11,20,22-23,35,39H,3-5,12-18H2;1-3H,(H,5,6,7). The van der Waals surface area contributed by atoms with Crippen molar-refractivity contribution in [2.45, 2.75) is 80.2 Å². The van der Waals surface area contributed by atoms with Gasteiger partial charge in [0.15, 0.2) is 5.16 Å². The third kappa shape index (κ3) is 8.56. The second-order valence-electron chi connectivity index (χ2n) is 12.4. The molecule has 0 saturated heterocycles. The van der Waals surface area contributed by atoms with Crippen molar-refractivity contribution in [2.24, 2.45) is 0 Å². The Morgan fingerprint density at radius 3 is 2.46 bits per heavy atom. The maximum absolute atomic E-state index is 13.8. The molecule has 4 aromatic rings. The minimum absolute atomic E-state index is 0.000353. The largest absolute Gasteiger partial charge is 0.506 e. The Balaban J connectivity index is 0.000000552. The van der Waals surface area contributed by atoms with Crippen LogP contribution in [-0.2, 0) is 23.9 Å². The van der Waals surface area contributed by atoms with Crippen LogP contribution in [0.3, 0.4) is 0 Å². The fourth-order valence-electron chi connectivity index (χ4n) is 5.84. The second-order valence-corrected chi connectivity index (χ2v) is 13.7. The van der Waals surface area contributed by atoms with Gasteiger partial charge in [0.1, 0.15) is 17.6 Å². The lowest BCUT2D eigenvalue weighted by molar-refractivity contribution is -0.137. The number of fused-ring (bicyclic) bond motifs is 1. The summed E-state index contributed by atoms with van der Waals surface area (Å²) < 4.78 is 45.5. The number of phenolic OH excluding ortho intramolecular Hbond substituents is 1. The van der Waals surface area contributed by atoms with Crippen molar-refractivity contribution in [1.29, 1.82) is 0 Å². The van der Waals surface area contributed by atoms with Gasteiger partial charge < -0.3 is 25.0 Å². The summed E-state index contributed by atoms with van der Waals surface area (Å²) in [5, 5.41) is 14.9. The lowest BCUT2D eigenvalue weighted by Gasteiger charge is -2.36. The Bertz CT molecular complexity index is 1890. The summed E-state index contributed by atoms with van der Waals surface area (Å²) in [5.41, 5.74) is 0.510. The Morgan fingerprint density at radius 2 is 1.84 bits per heavy atom. The number of hydrogen-bond acceptors (Lipinski definition) is 9. The summed E-state index contributed by atoms with van der Waals surface area (Å²) >= 11 is 1.58. The number of rotatable bonds is 9. The minimum atomic E-state index is -4.38. The molecule has 0 radical (unpaired) electrons. The van der Waals surface area contributed by atoms with Gasteiger partial charge in [-0.05, 0) is 62.1 Å². The number of nitrogens with zero attached hydrogens (tertiary/aromatic N) is 4. The van der Waals surface area contributed by atoms with Crippen LogP contribution in [0, 0.1) is 0 Å². The minimum Gasteiger partial charge on any atom is -0.506 e. The molecule has 0 bridgehead atoms. The SMILES string of the molecule is O=C(CCNC1CC(Oc2ccc(C(F)(F)F)cc2)C1)N1CCc2nc(SC3CCC3)n(-c3ccccc3O)c(=O)c2C1.O=c1ccnc[nH]1. The quantitative estimate of drug-likeness (QED) is 0.208. The predicted octanol–water partition coefficient (Wildman–Crippen LogP) is 4.85. The van der Waals surface area contributed by atoms with Gasteiger partial charge >= 0.3 is 6.18 Å². The van der Waals surface area contributed by atoms with Crippen LogP contribution in [0.15, 0.2) is 81.9 Å². The number of halogens is 3. The molecule has 0 unspecified atom stereocenters. The third-order valence-corrected chi connectivity index (χ3v) is 10.2. The number of amides is 1. The Labute approximate surface area is 289 Å². The first-order valence-electron chi connectivity index (χ1n) is 16.5. The number of hydrogen-bond donors (Lipinski definition) is 3. The topological polar surface area (TPSA) is 142 Å². The number of phenols is 1. The molecule has 15 heteroatoms. The van der Waals surface area contributed by atoms with Crippen LogP contribution in [0.25, 0.3) is 5.69 Å². The zero-order valence-electron chi connectivity index (χ0n) is 27.1. The van der Waals surface area contributed by atoms with E-state index in [4.69, 9.17) is 9.72 Å². The molecule has 2 aliphatic carbocycles. The molecule has 7 rings (SSSR count). The van der Waals surface area contributed by atoms with Crippen molar-refractivity contribution in [3.05, 3.63) is 105 Å². The molecule has 3 N–H and O–H groups in total. The average molecular weight is 711 g/mol. The monoisotopic (exact) mass is 710 g/mol. The molecule has 2 aromatic heterocycles. The number of alkyl halides is 3. The van der Waals surface area contributed by atoms with Crippen LogP contribution in [0.4, 0.5) is 13.2 Å². The van der Waals surface area contributed by atoms with E-state index in [0.29, 0.717) is 65.5 Å². The van der Waals surface area contributed by atoms with Crippen molar-refractivity contribution in [3.63, 3.8) is 0 Å². The first kappa shape index (κ1) is 35.2. The van der Waals surface area contributed by atoms with Crippen molar-refractivity contribution in [1.82, 2.24) is 29.7 Å². The van der Waals surface area contributed by atoms with Gasteiger partial charge in [0.2, 0.25) is 5.91 Å². The predicted molar refractivity (Wildman–Crippen MR) is 180 cm³/mol. The number of ether oxygens (including phenoxy) is 1. The number of para-hydroxylation sites is 2. The number of carbonyl (C=O) groups excluding carboxylic acids is 1. The Morgan fingerprint density at radius 1 is 1.08 bits per heavy atom. The molecule has 1 aliphatic heterocycles. The smallest absolute Gasteiger partial charge is 0.416 e. The summed E-state index contributed by atoms with van der Waals surface area (Å²) in [6, 6.07) is 12.9. The Kier molecular flexibility index (Phi) is 10.9. The normalized spacial score (nSPS) is 18.6. The molecule has 2 aromatic carbocycles. The number of aromatic nitrogens is 4.